The molecule has 1 heterocycles. The van der Waals surface area contributed by atoms with E-state index >= 15 is 0 Å². The number of sulfonamides is 1. The van der Waals surface area contributed by atoms with Crippen molar-refractivity contribution in [3.8, 4) is 0 Å². The highest BCUT2D eigenvalue weighted by atomic mass is 32.2. The molecule has 0 spiro atoms. The Morgan fingerprint density at radius 2 is 1.85 bits per heavy atom. The minimum atomic E-state index is -3.18. The van der Waals surface area contributed by atoms with E-state index in [1.807, 2.05) is 13.8 Å². The molecule has 0 unspecified atom stereocenters. The average molecular weight is 296 g/mol. The molecule has 5 nitrogen and oxygen atoms in total. The Hall–Kier alpha value is -1.56. The van der Waals surface area contributed by atoms with Gasteiger partial charge < -0.3 is 5.32 Å². The standard InChI is InChI=1S/C14H20N2O3S/c1-11(2)14(17)15-12-5-7-13(8-6-12)16-9-3-4-10-20(16,18)19/h5-8,11H,3-4,9-10H2,1-2H3,(H,15,17). The lowest BCUT2D eigenvalue weighted by atomic mass is 10.2. The fourth-order valence-corrected chi connectivity index (χ4v) is 3.72. The van der Waals surface area contributed by atoms with Gasteiger partial charge in [-0.3, -0.25) is 9.10 Å². The Labute approximate surface area is 120 Å². The summed E-state index contributed by atoms with van der Waals surface area (Å²) in [6.45, 7) is 4.17. The number of hydrogen-bond acceptors (Lipinski definition) is 3. The minimum absolute atomic E-state index is 0.0525. The van der Waals surface area contributed by atoms with Gasteiger partial charge in [0.2, 0.25) is 15.9 Å². The fraction of sp³-hybridized carbons (Fsp3) is 0.500. The number of carbonyl (C=O) groups is 1. The number of anilines is 2. The molecular weight excluding hydrogens is 276 g/mol. The summed E-state index contributed by atoms with van der Waals surface area (Å²) < 4.78 is 25.4. The van der Waals surface area contributed by atoms with E-state index in [0.717, 1.165) is 12.8 Å². The van der Waals surface area contributed by atoms with E-state index in [-0.39, 0.29) is 17.6 Å². The molecule has 1 aromatic carbocycles. The molecular formula is C14H20N2O3S. The van der Waals surface area contributed by atoms with Crippen LogP contribution in [0.1, 0.15) is 26.7 Å². The zero-order chi connectivity index (χ0) is 14.8. The van der Waals surface area contributed by atoms with Crippen molar-refractivity contribution in [2.45, 2.75) is 26.7 Å². The van der Waals surface area contributed by atoms with E-state index in [2.05, 4.69) is 5.32 Å². The molecule has 1 saturated heterocycles. The van der Waals surface area contributed by atoms with Crippen molar-refractivity contribution in [2.24, 2.45) is 5.92 Å². The topological polar surface area (TPSA) is 66.5 Å². The Morgan fingerprint density at radius 3 is 2.40 bits per heavy atom. The molecule has 20 heavy (non-hydrogen) atoms. The van der Waals surface area contributed by atoms with Crippen LogP contribution in [-0.4, -0.2) is 26.6 Å². The molecule has 1 N–H and O–H groups in total. The monoisotopic (exact) mass is 296 g/mol. The molecule has 0 aliphatic carbocycles. The Kier molecular flexibility index (Phi) is 4.32. The Morgan fingerprint density at radius 1 is 1.20 bits per heavy atom. The van der Waals surface area contributed by atoms with E-state index in [0.29, 0.717) is 17.9 Å². The third-order valence-corrected chi connectivity index (χ3v) is 5.17. The molecule has 1 aliphatic heterocycles. The highest BCUT2D eigenvalue weighted by Crippen LogP contribution is 2.25. The predicted octanol–water partition coefficient (Wildman–Crippen LogP) is 2.21. The number of carbonyl (C=O) groups excluding carboxylic acids is 1. The van der Waals surface area contributed by atoms with Crippen LogP contribution in [0.2, 0.25) is 0 Å². The van der Waals surface area contributed by atoms with Crippen molar-refractivity contribution in [3.05, 3.63) is 24.3 Å². The number of amides is 1. The number of nitrogens with zero attached hydrogens (tertiary/aromatic N) is 1. The van der Waals surface area contributed by atoms with Gasteiger partial charge in [0.1, 0.15) is 0 Å². The van der Waals surface area contributed by atoms with Crippen LogP contribution in [0.15, 0.2) is 24.3 Å². The van der Waals surface area contributed by atoms with Crippen molar-refractivity contribution in [1.82, 2.24) is 0 Å². The van der Waals surface area contributed by atoms with Crippen LogP contribution in [0.3, 0.4) is 0 Å². The summed E-state index contributed by atoms with van der Waals surface area (Å²) in [4.78, 5) is 11.6. The Bertz CT molecular complexity index is 579. The maximum absolute atomic E-state index is 12.0. The van der Waals surface area contributed by atoms with E-state index in [4.69, 9.17) is 0 Å². The van der Waals surface area contributed by atoms with E-state index in [1.165, 1.54) is 4.31 Å². The zero-order valence-electron chi connectivity index (χ0n) is 11.8. The van der Waals surface area contributed by atoms with Gasteiger partial charge in [-0.15, -0.1) is 0 Å². The highest BCUT2D eigenvalue weighted by Gasteiger charge is 2.25. The number of nitrogens with one attached hydrogen (secondary N) is 1. The van der Waals surface area contributed by atoms with Gasteiger partial charge in [-0.2, -0.15) is 0 Å². The first-order chi connectivity index (χ1) is 9.40. The third-order valence-electron chi connectivity index (χ3n) is 3.30. The number of benzene rings is 1. The molecule has 2 rings (SSSR count). The smallest absolute Gasteiger partial charge is 0.235 e. The summed E-state index contributed by atoms with van der Waals surface area (Å²) in [7, 11) is -3.18. The lowest BCUT2D eigenvalue weighted by Gasteiger charge is -2.28. The second kappa shape index (κ2) is 5.83. The minimum Gasteiger partial charge on any atom is -0.326 e. The zero-order valence-corrected chi connectivity index (χ0v) is 12.6. The van der Waals surface area contributed by atoms with Crippen LogP contribution in [0.4, 0.5) is 11.4 Å². The summed E-state index contributed by atoms with van der Waals surface area (Å²) in [5.74, 6) is 0.0687. The van der Waals surface area contributed by atoms with Crippen LogP contribution >= 0.6 is 0 Å². The van der Waals surface area contributed by atoms with E-state index < -0.39 is 10.0 Å². The lowest BCUT2D eigenvalue weighted by molar-refractivity contribution is -0.118. The van der Waals surface area contributed by atoms with E-state index in [9.17, 15) is 13.2 Å². The maximum atomic E-state index is 12.0. The first-order valence-corrected chi connectivity index (χ1v) is 8.42. The van der Waals surface area contributed by atoms with Crippen LogP contribution in [0.25, 0.3) is 0 Å². The SMILES string of the molecule is CC(C)C(=O)Nc1ccc(N2CCCCS2(=O)=O)cc1. The fourth-order valence-electron chi connectivity index (χ4n) is 2.08. The largest absolute Gasteiger partial charge is 0.326 e. The highest BCUT2D eigenvalue weighted by molar-refractivity contribution is 7.92. The summed E-state index contributed by atoms with van der Waals surface area (Å²) in [6, 6.07) is 6.94. The molecule has 0 saturated carbocycles. The van der Waals surface area contributed by atoms with Crippen LogP contribution in [-0.2, 0) is 14.8 Å². The molecule has 0 radical (unpaired) electrons. The van der Waals surface area contributed by atoms with Gasteiger partial charge >= 0.3 is 0 Å². The van der Waals surface area contributed by atoms with Gasteiger partial charge in [-0.25, -0.2) is 8.42 Å². The quantitative estimate of drug-likeness (QED) is 0.930. The van der Waals surface area contributed by atoms with E-state index in [1.54, 1.807) is 24.3 Å². The predicted molar refractivity (Wildman–Crippen MR) is 80.3 cm³/mol. The molecule has 0 bridgehead atoms. The normalized spacial score (nSPS) is 18.1. The second-order valence-corrected chi connectivity index (χ2v) is 7.30. The first kappa shape index (κ1) is 14.8. The van der Waals surface area contributed by atoms with Crippen LogP contribution in [0.5, 0.6) is 0 Å². The Balaban J connectivity index is 2.14. The van der Waals surface area contributed by atoms with Crippen LogP contribution < -0.4 is 9.62 Å². The van der Waals surface area contributed by atoms with Gasteiger partial charge in [-0.05, 0) is 37.1 Å². The van der Waals surface area contributed by atoms with Crippen molar-refractivity contribution in [2.75, 3.05) is 21.9 Å². The van der Waals surface area contributed by atoms with Crippen molar-refractivity contribution >= 4 is 27.3 Å². The van der Waals surface area contributed by atoms with Crippen molar-refractivity contribution < 1.29 is 13.2 Å². The molecule has 1 fully saturated rings. The van der Waals surface area contributed by atoms with Crippen molar-refractivity contribution in [1.29, 1.82) is 0 Å². The second-order valence-electron chi connectivity index (χ2n) is 5.29. The number of rotatable bonds is 3. The summed E-state index contributed by atoms with van der Waals surface area (Å²) >= 11 is 0. The molecule has 110 valence electrons. The molecule has 0 atom stereocenters. The lowest BCUT2D eigenvalue weighted by Crippen LogP contribution is -2.37. The summed E-state index contributed by atoms with van der Waals surface area (Å²) in [6.07, 6.45) is 1.60. The summed E-state index contributed by atoms with van der Waals surface area (Å²) in [5.41, 5.74) is 1.34. The molecule has 1 aliphatic rings. The molecule has 1 aromatic rings. The summed E-state index contributed by atoms with van der Waals surface area (Å²) in [5, 5.41) is 2.79. The first-order valence-electron chi connectivity index (χ1n) is 6.81. The third kappa shape index (κ3) is 3.30. The van der Waals surface area contributed by atoms with Gasteiger partial charge in [-0.1, -0.05) is 13.8 Å². The van der Waals surface area contributed by atoms with Crippen molar-refractivity contribution in [3.63, 3.8) is 0 Å². The molecule has 1 amide bonds. The van der Waals surface area contributed by atoms with Crippen LogP contribution in [0, 0.1) is 5.92 Å². The maximum Gasteiger partial charge on any atom is 0.235 e. The van der Waals surface area contributed by atoms with Gasteiger partial charge in [0.05, 0.1) is 11.4 Å². The van der Waals surface area contributed by atoms with Gasteiger partial charge in [0.15, 0.2) is 0 Å². The average Bonchev–Trinajstić information content (AvgIpc) is 2.39. The molecule has 0 aromatic heterocycles. The van der Waals surface area contributed by atoms with Gasteiger partial charge in [0.25, 0.3) is 0 Å². The van der Waals surface area contributed by atoms with Gasteiger partial charge in [0, 0.05) is 18.2 Å². The number of hydrogen-bond donors (Lipinski definition) is 1. The molecule has 6 heteroatoms.